The van der Waals surface area contributed by atoms with Gasteiger partial charge in [0.25, 0.3) is 0 Å². The lowest BCUT2D eigenvalue weighted by Gasteiger charge is -2.54. The van der Waals surface area contributed by atoms with Crippen LogP contribution < -0.4 is 0 Å². The van der Waals surface area contributed by atoms with E-state index in [1.54, 1.807) is 6.08 Å². The van der Waals surface area contributed by atoms with Gasteiger partial charge in [0.05, 0.1) is 5.92 Å². The van der Waals surface area contributed by atoms with E-state index in [9.17, 15) is 22.8 Å². The minimum absolute atomic E-state index is 0.000995. The summed E-state index contributed by atoms with van der Waals surface area (Å²) in [6.07, 6.45) is -0.446. The van der Waals surface area contributed by atoms with Crippen LogP contribution in [0.4, 0.5) is 13.2 Å². The van der Waals surface area contributed by atoms with Gasteiger partial charge in [-0.2, -0.15) is 13.2 Å². The molecule has 0 amide bonds. The third-order valence-electron chi connectivity index (χ3n) is 5.18. The number of carbonyl (C=O) groups excluding carboxylic acids is 2. The van der Waals surface area contributed by atoms with Crippen molar-refractivity contribution in [2.45, 2.75) is 12.6 Å². The summed E-state index contributed by atoms with van der Waals surface area (Å²) in [5.74, 6) is -5.08. The number of allylic oxidation sites excluding steroid dienone is 2. The Bertz CT molecular complexity index is 509. The predicted octanol–water partition coefficient (Wildman–Crippen LogP) is 1.69. The van der Waals surface area contributed by atoms with E-state index < -0.39 is 35.4 Å². The molecule has 1 heterocycles. The van der Waals surface area contributed by atoms with E-state index in [2.05, 4.69) is 4.74 Å². The molecule has 0 aromatic rings. The molecule has 3 nitrogen and oxygen atoms in total. The fourth-order valence-corrected chi connectivity index (χ4v) is 4.67. The van der Waals surface area contributed by atoms with Crippen molar-refractivity contribution in [3.05, 3.63) is 12.2 Å². The molecule has 6 unspecified atom stereocenters. The molecule has 2 saturated carbocycles. The zero-order valence-corrected chi connectivity index (χ0v) is 9.11. The summed E-state index contributed by atoms with van der Waals surface area (Å²) >= 11 is 0. The third kappa shape index (κ3) is 0.796. The summed E-state index contributed by atoms with van der Waals surface area (Å²) in [5.41, 5.74) is -2.56. The molecular weight excluding hydrogens is 249 g/mol. The van der Waals surface area contributed by atoms with Crippen molar-refractivity contribution in [2.75, 3.05) is 0 Å². The predicted molar refractivity (Wildman–Crippen MR) is 50.8 cm³/mol. The maximum Gasteiger partial charge on any atom is 0.406 e. The highest BCUT2D eigenvalue weighted by Gasteiger charge is 2.87. The molecule has 0 N–H and O–H groups in total. The normalized spacial score (nSPS) is 52.1. The number of hydrogen-bond acceptors (Lipinski definition) is 3. The maximum absolute atomic E-state index is 13.4. The Morgan fingerprint density at radius 1 is 1.22 bits per heavy atom. The van der Waals surface area contributed by atoms with Gasteiger partial charge < -0.3 is 4.74 Å². The molecular formula is C12H9F3O3. The van der Waals surface area contributed by atoms with E-state index in [1.807, 2.05) is 6.08 Å². The van der Waals surface area contributed by atoms with E-state index in [0.717, 1.165) is 0 Å². The van der Waals surface area contributed by atoms with Crippen LogP contribution in [0.1, 0.15) is 6.42 Å². The lowest BCUT2D eigenvalue weighted by molar-refractivity contribution is -0.295. The van der Waals surface area contributed by atoms with Crippen LogP contribution in [-0.4, -0.2) is 18.1 Å². The molecule has 4 aliphatic rings. The van der Waals surface area contributed by atoms with Crippen molar-refractivity contribution < 1.29 is 27.5 Å². The van der Waals surface area contributed by atoms with Crippen LogP contribution in [0.2, 0.25) is 0 Å². The van der Waals surface area contributed by atoms with Gasteiger partial charge in [0.15, 0.2) is 5.41 Å². The fraction of sp³-hybridized carbons (Fsp3) is 0.667. The number of ether oxygens (including phenoxy) is 1. The van der Waals surface area contributed by atoms with Crippen molar-refractivity contribution in [1.82, 2.24) is 0 Å². The number of fused-ring (bicyclic) bond motifs is 8. The van der Waals surface area contributed by atoms with Crippen LogP contribution in [-0.2, 0) is 14.3 Å². The van der Waals surface area contributed by atoms with Crippen LogP contribution in [0, 0.1) is 35.0 Å². The molecule has 18 heavy (non-hydrogen) atoms. The molecule has 6 heteroatoms. The van der Waals surface area contributed by atoms with Gasteiger partial charge in [0, 0.05) is 0 Å². The first-order valence-corrected chi connectivity index (χ1v) is 5.90. The minimum atomic E-state index is -4.71. The van der Waals surface area contributed by atoms with Gasteiger partial charge in [-0.25, -0.2) is 0 Å². The van der Waals surface area contributed by atoms with E-state index in [1.165, 1.54) is 0 Å². The van der Waals surface area contributed by atoms with Crippen LogP contribution in [0.3, 0.4) is 0 Å². The molecule has 0 aromatic carbocycles. The lowest BCUT2D eigenvalue weighted by atomic mass is 9.44. The Morgan fingerprint density at radius 2 is 1.89 bits per heavy atom. The van der Waals surface area contributed by atoms with Crippen molar-refractivity contribution in [2.24, 2.45) is 35.0 Å². The van der Waals surface area contributed by atoms with Gasteiger partial charge in [-0.05, 0) is 30.1 Å². The van der Waals surface area contributed by atoms with E-state index in [-0.39, 0.29) is 17.8 Å². The molecule has 1 aliphatic heterocycles. The second-order valence-electron chi connectivity index (χ2n) is 5.60. The fourth-order valence-electron chi connectivity index (χ4n) is 4.67. The lowest BCUT2D eigenvalue weighted by Crippen LogP contribution is -2.67. The summed E-state index contributed by atoms with van der Waals surface area (Å²) in [5, 5.41) is 0. The van der Waals surface area contributed by atoms with Crippen LogP contribution in [0.25, 0.3) is 0 Å². The second-order valence-corrected chi connectivity index (χ2v) is 5.60. The topological polar surface area (TPSA) is 43.4 Å². The summed E-state index contributed by atoms with van der Waals surface area (Å²) in [7, 11) is 0. The zero-order valence-electron chi connectivity index (χ0n) is 9.11. The maximum atomic E-state index is 13.4. The quantitative estimate of drug-likeness (QED) is 0.377. The minimum Gasteiger partial charge on any atom is -0.392 e. The number of halogens is 3. The first kappa shape index (κ1) is 10.6. The summed E-state index contributed by atoms with van der Waals surface area (Å²) in [6.45, 7) is 0. The summed E-state index contributed by atoms with van der Waals surface area (Å²) in [6, 6.07) is 0. The number of cyclic esters (lactones) is 2. The first-order valence-electron chi connectivity index (χ1n) is 5.90. The van der Waals surface area contributed by atoms with Crippen molar-refractivity contribution in [1.29, 1.82) is 0 Å². The Kier molecular flexibility index (Phi) is 1.56. The van der Waals surface area contributed by atoms with Crippen molar-refractivity contribution in [3.8, 4) is 0 Å². The molecule has 3 aliphatic carbocycles. The number of rotatable bonds is 0. The Labute approximate surface area is 100.0 Å². The second kappa shape index (κ2) is 2.65. The highest BCUT2D eigenvalue weighted by molar-refractivity contribution is 6.02. The average molecular weight is 258 g/mol. The molecule has 1 saturated heterocycles. The molecule has 6 atom stereocenters. The molecule has 0 radical (unpaired) electrons. The van der Waals surface area contributed by atoms with Gasteiger partial charge in [0.1, 0.15) is 0 Å². The molecule has 0 spiro atoms. The van der Waals surface area contributed by atoms with Crippen molar-refractivity contribution in [3.63, 3.8) is 0 Å². The Balaban J connectivity index is 1.90. The van der Waals surface area contributed by atoms with Crippen LogP contribution >= 0.6 is 0 Å². The molecule has 3 fully saturated rings. The van der Waals surface area contributed by atoms with Gasteiger partial charge in [-0.1, -0.05) is 12.2 Å². The third-order valence-corrected chi connectivity index (χ3v) is 5.18. The Morgan fingerprint density at radius 3 is 2.56 bits per heavy atom. The van der Waals surface area contributed by atoms with Crippen molar-refractivity contribution >= 4 is 11.9 Å². The molecule has 4 rings (SSSR count). The largest absolute Gasteiger partial charge is 0.406 e. The number of alkyl halides is 3. The van der Waals surface area contributed by atoms with E-state index in [0.29, 0.717) is 6.42 Å². The van der Waals surface area contributed by atoms with Gasteiger partial charge >= 0.3 is 18.1 Å². The molecule has 0 aromatic heterocycles. The number of carbonyl (C=O) groups is 2. The van der Waals surface area contributed by atoms with Gasteiger partial charge in [-0.15, -0.1) is 0 Å². The highest BCUT2D eigenvalue weighted by Crippen LogP contribution is 2.76. The summed E-state index contributed by atoms with van der Waals surface area (Å²) < 4.78 is 44.4. The molecule has 96 valence electrons. The zero-order chi connectivity index (χ0) is 12.9. The van der Waals surface area contributed by atoms with Gasteiger partial charge in [-0.3, -0.25) is 9.59 Å². The smallest absolute Gasteiger partial charge is 0.392 e. The summed E-state index contributed by atoms with van der Waals surface area (Å²) in [4.78, 5) is 23.2. The monoisotopic (exact) mass is 258 g/mol. The number of esters is 2. The van der Waals surface area contributed by atoms with E-state index in [4.69, 9.17) is 0 Å². The SMILES string of the molecule is O=C1OC(=O)C2(C(F)(F)F)C1C1C3C=CC(C3)C12. The highest BCUT2D eigenvalue weighted by atomic mass is 19.4. The number of hydrogen-bond donors (Lipinski definition) is 0. The molecule has 2 bridgehead atoms. The first-order chi connectivity index (χ1) is 8.39. The average Bonchev–Trinajstić information content (AvgIpc) is 2.76. The standard InChI is InChI=1S/C12H9F3O3/c13-12(14,15)11-7-5-2-1-4(3-5)6(7)8(11)9(16)18-10(11)17/h1-2,4-8H,3H2. The van der Waals surface area contributed by atoms with E-state index >= 15 is 0 Å². The van der Waals surface area contributed by atoms with Gasteiger partial charge in [0.2, 0.25) is 0 Å². The Hall–Kier alpha value is -1.33. The van der Waals surface area contributed by atoms with Crippen LogP contribution in [0.5, 0.6) is 0 Å². The van der Waals surface area contributed by atoms with Crippen LogP contribution in [0.15, 0.2) is 12.2 Å².